The predicted octanol–water partition coefficient (Wildman–Crippen LogP) is 4.70. The number of nitrogens with zero attached hydrogens (tertiary/aromatic N) is 1. The maximum atomic E-state index is 12.2. The highest BCUT2D eigenvalue weighted by molar-refractivity contribution is 7.98. The van der Waals surface area contributed by atoms with E-state index >= 15 is 0 Å². The molecule has 0 amide bonds. The van der Waals surface area contributed by atoms with Crippen molar-refractivity contribution in [3.63, 3.8) is 0 Å². The summed E-state index contributed by atoms with van der Waals surface area (Å²) in [7, 11) is 0. The molecule has 0 radical (unpaired) electrons. The Morgan fingerprint density at radius 1 is 1.29 bits per heavy atom. The number of aliphatic imine (C=N–C) groups is 1. The first-order valence-corrected chi connectivity index (χ1v) is 8.27. The molecule has 1 aromatic carbocycles. The van der Waals surface area contributed by atoms with Gasteiger partial charge in [-0.1, -0.05) is 13.8 Å². The van der Waals surface area contributed by atoms with Crippen LogP contribution in [-0.2, 0) is 4.79 Å². The molecular weight excluding hydrogens is 282 g/mol. The molecule has 2 rings (SSSR count). The van der Waals surface area contributed by atoms with Crippen molar-refractivity contribution in [3.8, 4) is 0 Å². The maximum Gasteiger partial charge on any atom is 0.168 e. The van der Waals surface area contributed by atoms with Crippen molar-refractivity contribution in [1.82, 2.24) is 0 Å². The minimum Gasteiger partial charge on any atom is -0.512 e. The largest absolute Gasteiger partial charge is 0.512 e. The van der Waals surface area contributed by atoms with Crippen LogP contribution in [0, 0.1) is 5.41 Å². The Balaban J connectivity index is 2.19. The van der Waals surface area contributed by atoms with Crippen molar-refractivity contribution in [2.45, 2.75) is 38.0 Å². The molecule has 0 heterocycles. The van der Waals surface area contributed by atoms with Gasteiger partial charge in [-0.2, -0.15) is 0 Å². The van der Waals surface area contributed by atoms with Gasteiger partial charge in [0.2, 0.25) is 0 Å². The van der Waals surface area contributed by atoms with Gasteiger partial charge in [0.15, 0.2) is 5.78 Å². The molecule has 1 aliphatic carbocycles. The number of rotatable bonds is 3. The lowest BCUT2D eigenvalue weighted by Gasteiger charge is -2.20. The highest BCUT2D eigenvalue weighted by Crippen LogP contribution is 2.33. The van der Waals surface area contributed by atoms with E-state index in [0.717, 1.165) is 12.1 Å². The van der Waals surface area contributed by atoms with Crippen LogP contribution in [0.2, 0.25) is 0 Å². The van der Waals surface area contributed by atoms with Crippen LogP contribution in [0.25, 0.3) is 0 Å². The van der Waals surface area contributed by atoms with Gasteiger partial charge in [0.25, 0.3) is 0 Å². The predicted molar refractivity (Wildman–Crippen MR) is 88.7 cm³/mol. The van der Waals surface area contributed by atoms with E-state index in [2.05, 4.69) is 18.8 Å². The topological polar surface area (TPSA) is 49.7 Å². The summed E-state index contributed by atoms with van der Waals surface area (Å²) in [5, 5.41) is 10.1. The normalized spacial score (nSPS) is 19.1. The van der Waals surface area contributed by atoms with E-state index in [9.17, 15) is 9.90 Å². The Kier molecular flexibility index (Phi) is 4.88. The van der Waals surface area contributed by atoms with Gasteiger partial charge in [0, 0.05) is 24.0 Å². The molecule has 0 atom stereocenters. The summed E-state index contributed by atoms with van der Waals surface area (Å²) in [5.74, 6) is 0.134. The van der Waals surface area contributed by atoms with Gasteiger partial charge in [-0.15, -0.1) is 11.8 Å². The molecule has 0 saturated carbocycles. The van der Waals surface area contributed by atoms with Crippen LogP contribution >= 0.6 is 11.8 Å². The highest BCUT2D eigenvalue weighted by Gasteiger charge is 2.29. The van der Waals surface area contributed by atoms with E-state index in [4.69, 9.17) is 0 Å². The first kappa shape index (κ1) is 15.8. The zero-order chi connectivity index (χ0) is 15.5. The van der Waals surface area contributed by atoms with Gasteiger partial charge in [-0.25, -0.2) is 0 Å². The molecule has 3 nitrogen and oxygen atoms in total. The molecule has 0 spiro atoms. The van der Waals surface area contributed by atoms with Crippen molar-refractivity contribution in [1.29, 1.82) is 0 Å². The minimum absolute atomic E-state index is 0.0283. The number of hydrogen-bond acceptors (Lipinski definition) is 4. The smallest absolute Gasteiger partial charge is 0.168 e. The number of benzene rings is 1. The lowest BCUT2D eigenvalue weighted by Crippen LogP contribution is -2.16. The second-order valence-corrected chi connectivity index (χ2v) is 6.96. The summed E-state index contributed by atoms with van der Waals surface area (Å²) in [4.78, 5) is 17.7. The van der Waals surface area contributed by atoms with Gasteiger partial charge in [-0.05, 0) is 42.4 Å². The minimum atomic E-state index is -0.0688. The zero-order valence-corrected chi connectivity index (χ0v) is 13.5. The molecule has 0 bridgehead atoms. The molecule has 1 aliphatic rings. The fourth-order valence-corrected chi connectivity index (χ4v) is 2.73. The molecule has 1 N–H and O–H groups in total. The summed E-state index contributed by atoms with van der Waals surface area (Å²) in [5.41, 5.74) is 1.07. The number of aliphatic hydroxyl groups excluding tert-OH is 1. The van der Waals surface area contributed by atoms with Crippen molar-refractivity contribution < 1.29 is 9.90 Å². The SMILES string of the molecule is CSc1ccc(N=CC2=C(O)CCC(C)(C)CC2=O)cc1. The van der Waals surface area contributed by atoms with E-state index in [-0.39, 0.29) is 17.0 Å². The third-order valence-corrected chi connectivity index (χ3v) is 4.45. The lowest BCUT2D eigenvalue weighted by molar-refractivity contribution is -0.116. The molecular formula is C17H21NO2S. The molecule has 21 heavy (non-hydrogen) atoms. The molecule has 4 heteroatoms. The number of carbonyl (C=O) groups is 1. The number of Topliss-reactive ketones (excluding diaryl/α,β-unsaturated/α-hetero) is 1. The van der Waals surface area contributed by atoms with Crippen LogP contribution in [0.1, 0.15) is 33.1 Å². The van der Waals surface area contributed by atoms with Gasteiger partial charge < -0.3 is 5.11 Å². The van der Waals surface area contributed by atoms with Crippen LogP contribution in [0.5, 0.6) is 0 Å². The number of carbonyl (C=O) groups excluding carboxylic acids is 1. The maximum absolute atomic E-state index is 12.2. The number of aliphatic hydroxyl groups is 1. The third-order valence-electron chi connectivity index (χ3n) is 3.70. The first-order chi connectivity index (χ1) is 9.91. The fourth-order valence-electron chi connectivity index (χ4n) is 2.32. The van der Waals surface area contributed by atoms with Crippen LogP contribution in [0.4, 0.5) is 5.69 Å². The van der Waals surface area contributed by atoms with E-state index < -0.39 is 0 Å². The summed E-state index contributed by atoms with van der Waals surface area (Å²) in [6.45, 7) is 4.11. The third kappa shape index (κ3) is 4.21. The summed E-state index contributed by atoms with van der Waals surface area (Å²) in [6, 6.07) is 7.79. The fraction of sp³-hybridized carbons (Fsp3) is 0.412. The summed E-state index contributed by atoms with van der Waals surface area (Å²) < 4.78 is 0. The number of hydrogen-bond donors (Lipinski definition) is 1. The van der Waals surface area contributed by atoms with Gasteiger partial charge >= 0.3 is 0 Å². The van der Waals surface area contributed by atoms with Crippen LogP contribution in [-0.4, -0.2) is 23.4 Å². The number of allylic oxidation sites excluding steroid dienone is 2. The second-order valence-electron chi connectivity index (χ2n) is 6.08. The Bertz CT molecular complexity index is 585. The molecule has 1 aromatic rings. The van der Waals surface area contributed by atoms with Crippen molar-refractivity contribution >= 4 is 29.4 Å². The Labute approximate surface area is 130 Å². The van der Waals surface area contributed by atoms with Crippen LogP contribution in [0.3, 0.4) is 0 Å². The molecule has 0 saturated heterocycles. The summed E-state index contributed by atoms with van der Waals surface area (Å²) >= 11 is 1.67. The van der Waals surface area contributed by atoms with Gasteiger partial charge in [0.05, 0.1) is 11.3 Å². The van der Waals surface area contributed by atoms with Gasteiger partial charge in [0.1, 0.15) is 5.76 Å². The average molecular weight is 303 g/mol. The zero-order valence-electron chi connectivity index (χ0n) is 12.7. The van der Waals surface area contributed by atoms with Crippen molar-refractivity contribution in [3.05, 3.63) is 35.6 Å². The van der Waals surface area contributed by atoms with Crippen molar-refractivity contribution in [2.24, 2.45) is 10.4 Å². The van der Waals surface area contributed by atoms with E-state index in [1.165, 1.54) is 11.1 Å². The van der Waals surface area contributed by atoms with Gasteiger partial charge in [-0.3, -0.25) is 9.79 Å². The molecule has 112 valence electrons. The average Bonchev–Trinajstić information content (AvgIpc) is 2.54. The molecule has 0 fully saturated rings. The van der Waals surface area contributed by atoms with E-state index in [1.54, 1.807) is 11.8 Å². The first-order valence-electron chi connectivity index (χ1n) is 7.05. The van der Waals surface area contributed by atoms with E-state index in [0.29, 0.717) is 18.4 Å². The van der Waals surface area contributed by atoms with E-state index in [1.807, 2.05) is 30.5 Å². The number of thioether (sulfide) groups is 1. The quantitative estimate of drug-likeness (QED) is 0.650. The Morgan fingerprint density at radius 2 is 1.95 bits per heavy atom. The molecule has 0 aromatic heterocycles. The standard InChI is InChI=1S/C17H21NO2S/c1-17(2)9-8-15(19)14(16(20)10-17)11-18-12-4-6-13(21-3)7-5-12/h4-7,11,19H,8-10H2,1-3H3. The molecule has 0 aliphatic heterocycles. The Morgan fingerprint density at radius 3 is 2.57 bits per heavy atom. The van der Waals surface area contributed by atoms with Crippen molar-refractivity contribution in [2.75, 3.05) is 6.26 Å². The molecule has 0 unspecified atom stereocenters. The lowest BCUT2D eigenvalue weighted by atomic mass is 9.84. The van der Waals surface area contributed by atoms with Crippen LogP contribution < -0.4 is 0 Å². The second kappa shape index (κ2) is 6.48. The number of ketones is 1. The van der Waals surface area contributed by atoms with Crippen LogP contribution in [0.15, 0.2) is 45.5 Å². The monoisotopic (exact) mass is 303 g/mol. The highest BCUT2D eigenvalue weighted by atomic mass is 32.2. The summed E-state index contributed by atoms with van der Waals surface area (Å²) in [6.07, 6.45) is 5.32. The Hall–Kier alpha value is -1.55.